The van der Waals surface area contributed by atoms with Crippen LogP contribution in [-0.4, -0.2) is 22.0 Å². The maximum atomic E-state index is 11.3. The van der Waals surface area contributed by atoms with Crippen molar-refractivity contribution in [3.63, 3.8) is 0 Å². The molecular weight excluding hydrogens is 204 g/mol. The summed E-state index contributed by atoms with van der Waals surface area (Å²) in [4.78, 5) is 25.3. The molecule has 0 aliphatic heterocycles. The van der Waals surface area contributed by atoms with Gasteiger partial charge in [0, 0.05) is 23.2 Å². The van der Waals surface area contributed by atoms with E-state index in [1.807, 2.05) is 0 Å². The van der Waals surface area contributed by atoms with Crippen LogP contribution in [0.5, 0.6) is 0 Å². The highest BCUT2D eigenvalue weighted by molar-refractivity contribution is 7.13. The highest BCUT2D eigenvalue weighted by atomic mass is 32.1. The van der Waals surface area contributed by atoms with Gasteiger partial charge in [0.05, 0.1) is 0 Å². The van der Waals surface area contributed by atoms with E-state index >= 15 is 0 Å². The summed E-state index contributed by atoms with van der Waals surface area (Å²) in [6, 6.07) is 0. The second-order valence-corrected chi connectivity index (χ2v) is 3.35. The number of thiazole rings is 1. The molecule has 1 amide bonds. The number of carbonyl (C=O) groups excluding carboxylic acids is 1. The first-order valence-electron chi connectivity index (χ1n) is 3.71. The van der Waals surface area contributed by atoms with Gasteiger partial charge in [0.25, 0.3) is 5.91 Å². The van der Waals surface area contributed by atoms with Crippen molar-refractivity contribution in [3.05, 3.63) is 23.2 Å². The predicted molar refractivity (Wildman–Crippen MR) is 52.1 cm³/mol. The standard InChI is InChI=1S/C8H8N2O3S/c1-5(4-6(11)12)7(13)10-8-9-2-3-14-8/h2-4H,1H3,(H,11,12)(H,9,10,13)/b5-4-. The summed E-state index contributed by atoms with van der Waals surface area (Å²) in [5, 5.41) is 13.0. The van der Waals surface area contributed by atoms with Crippen molar-refractivity contribution in [2.45, 2.75) is 6.92 Å². The third-order valence-electron chi connectivity index (χ3n) is 1.35. The smallest absolute Gasteiger partial charge is 0.328 e. The topological polar surface area (TPSA) is 79.3 Å². The lowest BCUT2D eigenvalue weighted by molar-refractivity contribution is -0.131. The van der Waals surface area contributed by atoms with E-state index in [1.165, 1.54) is 18.3 Å². The molecule has 74 valence electrons. The number of aromatic nitrogens is 1. The van der Waals surface area contributed by atoms with Gasteiger partial charge in [-0.25, -0.2) is 9.78 Å². The number of amides is 1. The van der Waals surface area contributed by atoms with Crippen LogP contribution < -0.4 is 5.32 Å². The Bertz CT molecular complexity index is 370. The zero-order valence-corrected chi connectivity index (χ0v) is 8.17. The Kier molecular flexibility index (Phi) is 3.35. The lowest BCUT2D eigenvalue weighted by Gasteiger charge is -1.99. The molecule has 1 heterocycles. The number of aliphatic carboxylic acids is 1. The fraction of sp³-hybridized carbons (Fsp3) is 0.125. The Morgan fingerprint density at radius 1 is 1.64 bits per heavy atom. The van der Waals surface area contributed by atoms with Gasteiger partial charge in [-0.15, -0.1) is 11.3 Å². The zero-order chi connectivity index (χ0) is 10.6. The largest absolute Gasteiger partial charge is 0.478 e. The van der Waals surface area contributed by atoms with Crippen LogP contribution in [-0.2, 0) is 9.59 Å². The minimum Gasteiger partial charge on any atom is -0.478 e. The van der Waals surface area contributed by atoms with Crippen molar-refractivity contribution in [1.29, 1.82) is 0 Å². The number of carboxylic acid groups (broad SMARTS) is 1. The van der Waals surface area contributed by atoms with Crippen LogP contribution in [0.25, 0.3) is 0 Å². The Labute approximate surface area is 84.1 Å². The fourth-order valence-electron chi connectivity index (χ4n) is 0.732. The normalized spacial score (nSPS) is 11.1. The molecule has 0 atom stereocenters. The molecule has 14 heavy (non-hydrogen) atoms. The van der Waals surface area contributed by atoms with Crippen molar-refractivity contribution < 1.29 is 14.7 Å². The van der Waals surface area contributed by atoms with Crippen molar-refractivity contribution in [2.24, 2.45) is 0 Å². The molecule has 1 aromatic heterocycles. The van der Waals surface area contributed by atoms with E-state index in [1.54, 1.807) is 11.6 Å². The molecule has 0 saturated heterocycles. The van der Waals surface area contributed by atoms with Crippen LogP contribution >= 0.6 is 11.3 Å². The van der Waals surface area contributed by atoms with Crippen LogP contribution in [0.15, 0.2) is 23.2 Å². The molecule has 0 aromatic carbocycles. The van der Waals surface area contributed by atoms with Gasteiger partial charge in [0.15, 0.2) is 5.13 Å². The zero-order valence-electron chi connectivity index (χ0n) is 7.35. The van der Waals surface area contributed by atoms with Crippen LogP contribution in [0, 0.1) is 0 Å². The van der Waals surface area contributed by atoms with E-state index in [0.717, 1.165) is 6.08 Å². The van der Waals surface area contributed by atoms with Crippen LogP contribution in [0.1, 0.15) is 6.92 Å². The molecule has 1 rings (SSSR count). The number of hydrogen-bond acceptors (Lipinski definition) is 4. The first kappa shape index (κ1) is 10.4. The second-order valence-electron chi connectivity index (χ2n) is 2.46. The lowest BCUT2D eigenvalue weighted by Crippen LogP contribution is -2.13. The Balaban J connectivity index is 2.63. The van der Waals surface area contributed by atoms with Crippen LogP contribution in [0.2, 0.25) is 0 Å². The van der Waals surface area contributed by atoms with E-state index in [9.17, 15) is 9.59 Å². The first-order valence-corrected chi connectivity index (χ1v) is 4.59. The maximum Gasteiger partial charge on any atom is 0.328 e. The van der Waals surface area contributed by atoms with E-state index in [2.05, 4.69) is 10.3 Å². The average molecular weight is 212 g/mol. The van der Waals surface area contributed by atoms with Gasteiger partial charge >= 0.3 is 5.97 Å². The number of nitrogens with zero attached hydrogens (tertiary/aromatic N) is 1. The van der Waals surface area contributed by atoms with Crippen molar-refractivity contribution >= 4 is 28.3 Å². The van der Waals surface area contributed by atoms with Gasteiger partial charge in [-0.1, -0.05) is 0 Å². The second kappa shape index (κ2) is 4.52. The van der Waals surface area contributed by atoms with Gasteiger partial charge < -0.3 is 5.11 Å². The van der Waals surface area contributed by atoms with E-state index in [0.29, 0.717) is 5.13 Å². The van der Waals surface area contributed by atoms with Gasteiger partial charge in [0.2, 0.25) is 0 Å². The molecular formula is C8H8N2O3S. The summed E-state index contributed by atoms with van der Waals surface area (Å²) >= 11 is 1.27. The van der Waals surface area contributed by atoms with E-state index in [-0.39, 0.29) is 5.57 Å². The molecule has 0 fully saturated rings. The fourth-order valence-corrected chi connectivity index (χ4v) is 1.26. The minimum atomic E-state index is -1.14. The molecule has 1 aromatic rings. The van der Waals surface area contributed by atoms with Gasteiger partial charge in [-0.3, -0.25) is 10.1 Å². The summed E-state index contributed by atoms with van der Waals surface area (Å²) in [5.41, 5.74) is 0.132. The highest BCUT2D eigenvalue weighted by Crippen LogP contribution is 2.11. The average Bonchev–Trinajstić information content (AvgIpc) is 2.55. The molecule has 0 saturated carbocycles. The van der Waals surface area contributed by atoms with Crippen molar-refractivity contribution in [2.75, 3.05) is 5.32 Å². The van der Waals surface area contributed by atoms with Crippen LogP contribution in [0.4, 0.5) is 5.13 Å². The van der Waals surface area contributed by atoms with Crippen molar-refractivity contribution in [1.82, 2.24) is 4.98 Å². The molecule has 5 nitrogen and oxygen atoms in total. The quantitative estimate of drug-likeness (QED) is 0.735. The third-order valence-corrected chi connectivity index (χ3v) is 2.04. The number of rotatable bonds is 3. The summed E-state index contributed by atoms with van der Waals surface area (Å²) < 4.78 is 0. The van der Waals surface area contributed by atoms with Crippen molar-refractivity contribution in [3.8, 4) is 0 Å². The Morgan fingerprint density at radius 2 is 2.36 bits per heavy atom. The molecule has 0 spiro atoms. The molecule has 0 aliphatic rings. The highest BCUT2D eigenvalue weighted by Gasteiger charge is 2.07. The maximum absolute atomic E-state index is 11.3. The van der Waals surface area contributed by atoms with Crippen LogP contribution in [0.3, 0.4) is 0 Å². The number of hydrogen-bond donors (Lipinski definition) is 2. The molecule has 0 aliphatic carbocycles. The van der Waals surface area contributed by atoms with Gasteiger partial charge in [0.1, 0.15) is 0 Å². The Morgan fingerprint density at radius 3 is 2.86 bits per heavy atom. The third kappa shape index (κ3) is 2.98. The summed E-state index contributed by atoms with van der Waals surface area (Å²) in [7, 11) is 0. The van der Waals surface area contributed by atoms with Gasteiger partial charge in [-0.05, 0) is 6.92 Å². The lowest BCUT2D eigenvalue weighted by atomic mass is 10.2. The monoisotopic (exact) mass is 212 g/mol. The first-order chi connectivity index (χ1) is 6.59. The number of carbonyl (C=O) groups is 2. The Hall–Kier alpha value is -1.69. The molecule has 2 N–H and O–H groups in total. The summed E-state index contributed by atoms with van der Waals surface area (Å²) in [5.74, 6) is -1.60. The molecule has 0 unspecified atom stereocenters. The molecule has 0 radical (unpaired) electrons. The molecule has 6 heteroatoms. The molecule has 0 bridgehead atoms. The number of anilines is 1. The summed E-state index contributed by atoms with van der Waals surface area (Å²) in [6.45, 7) is 1.43. The summed E-state index contributed by atoms with van der Waals surface area (Å²) in [6.07, 6.45) is 2.40. The van der Waals surface area contributed by atoms with E-state index < -0.39 is 11.9 Å². The number of nitrogens with one attached hydrogen (secondary N) is 1. The van der Waals surface area contributed by atoms with E-state index in [4.69, 9.17) is 5.11 Å². The number of carboxylic acids is 1. The minimum absolute atomic E-state index is 0.132. The predicted octanol–water partition coefficient (Wildman–Crippen LogP) is 1.11. The van der Waals surface area contributed by atoms with Gasteiger partial charge in [-0.2, -0.15) is 0 Å². The SMILES string of the molecule is C/C(=C/C(=O)O)C(=O)Nc1nccs1.